The van der Waals surface area contributed by atoms with Crippen molar-refractivity contribution in [3.05, 3.63) is 29.0 Å². The predicted molar refractivity (Wildman–Crippen MR) is 67.5 cm³/mol. The van der Waals surface area contributed by atoms with E-state index in [4.69, 9.17) is 11.6 Å². The number of methoxy groups -OCH3 is 1. The van der Waals surface area contributed by atoms with E-state index < -0.39 is 0 Å². The van der Waals surface area contributed by atoms with Crippen LogP contribution in [0.5, 0.6) is 0 Å². The third-order valence-corrected chi connectivity index (χ3v) is 2.81. The number of hydrogen-bond acceptors (Lipinski definition) is 4. The van der Waals surface area contributed by atoms with E-state index in [0.717, 1.165) is 0 Å². The second-order valence-electron chi connectivity index (χ2n) is 3.57. The molecule has 0 radical (unpaired) electrons. The maximum absolute atomic E-state index is 12.1. The smallest absolute Gasteiger partial charge is 0.307 e. The number of ether oxygens (including phenoxy) is 1. The molecule has 0 atom stereocenters. The average molecular weight is 271 g/mol. The predicted octanol–water partition coefficient (Wildman–Crippen LogP) is 1.76. The van der Waals surface area contributed by atoms with Crippen molar-refractivity contribution in [1.29, 1.82) is 0 Å². The van der Waals surface area contributed by atoms with Crippen LogP contribution in [0.2, 0.25) is 5.02 Å². The van der Waals surface area contributed by atoms with Crippen LogP contribution in [0.1, 0.15) is 23.7 Å². The van der Waals surface area contributed by atoms with Gasteiger partial charge in [0.2, 0.25) is 0 Å². The number of amides is 1. The maximum atomic E-state index is 12.1. The quantitative estimate of drug-likeness (QED) is 0.765. The first-order valence-electron chi connectivity index (χ1n) is 5.55. The van der Waals surface area contributed by atoms with Gasteiger partial charge >= 0.3 is 5.97 Å². The van der Waals surface area contributed by atoms with Gasteiger partial charge in [-0.05, 0) is 13.0 Å². The van der Waals surface area contributed by atoms with E-state index in [0.29, 0.717) is 23.7 Å². The number of halogens is 1. The number of aromatic nitrogens is 1. The first-order valence-corrected chi connectivity index (χ1v) is 5.93. The Labute approximate surface area is 111 Å². The van der Waals surface area contributed by atoms with Gasteiger partial charge in [0.15, 0.2) is 0 Å². The lowest BCUT2D eigenvalue weighted by molar-refractivity contribution is -0.140. The molecule has 1 amide bonds. The average Bonchev–Trinajstić information content (AvgIpc) is 2.39. The van der Waals surface area contributed by atoms with Crippen LogP contribution in [0.25, 0.3) is 0 Å². The fourth-order valence-corrected chi connectivity index (χ4v) is 1.62. The van der Waals surface area contributed by atoms with Crippen molar-refractivity contribution in [3.8, 4) is 0 Å². The van der Waals surface area contributed by atoms with Crippen molar-refractivity contribution >= 4 is 23.5 Å². The Bertz CT molecular complexity index is 437. The third-order valence-electron chi connectivity index (χ3n) is 2.48. The molecular weight excluding hydrogens is 256 g/mol. The minimum absolute atomic E-state index is 0.161. The van der Waals surface area contributed by atoms with Gasteiger partial charge in [-0.2, -0.15) is 0 Å². The number of hydrogen-bond donors (Lipinski definition) is 0. The molecule has 0 unspecified atom stereocenters. The second kappa shape index (κ2) is 6.96. The number of pyridine rings is 1. The summed E-state index contributed by atoms with van der Waals surface area (Å²) in [6.07, 6.45) is 3.10. The minimum Gasteiger partial charge on any atom is -0.469 e. The molecule has 0 aromatic carbocycles. The van der Waals surface area contributed by atoms with E-state index in [1.807, 2.05) is 6.92 Å². The SMILES string of the molecule is CCN(CCC(=O)OC)C(=O)c1cnccc1Cl. The topological polar surface area (TPSA) is 59.5 Å². The molecule has 0 fully saturated rings. The number of rotatable bonds is 5. The highest BCUT2D eigenvalue weighted by atomic mass is 35.5. The molecule has 0 aliphatic rings. The van der Waals surface area contributed by atoms with Gasteiger partial charge in [-0.25, -0.2) is 0 Å². The summed E-state index contributed by atoms with van der Waals surface area (Å²) >= 11 is 5.93. The Balaban J connectivity index is 2.74. The van der Waals surface area contributed by atoms with E-state index in [2.05, 4.69) is 9.72 Å². The molecular formula is C12H15ClN2O3. The fraction of sp³-hybridized carbons (Fsp3) is 0.417. The summed E-state index contributed by atoms with van der Waals surface area (Å²) in [5, 5.41) is 0.353. The zero-order valence-electron chi connectivity index (χ0n) is 10.4. The molecule has 0 N–H and O–H groups in total. The minimum atomic E-state index is -0.349. The third kappa shape index (κ3) is 3.70. The molecule has 1 aromatic rings. The van der Waals surface area contributed by atoms with E-state index in [-0.39, 0.29) is 18.3 Å². The standard InChI is InChI=1S/C12H15ClN2O3/c1-3-15(7-5-11(16)18-2)12(17)9-8-14-6-4-10(9)13/h4,6,8H,3,5,7H2,1-2H3. The molecule has 0 spiro atoms. The van der Waals surface area contributed by atoms with Crippen LogP contribution >= 0.6 is 11.6 Å². The Kier molecular flexibility index (Phi) is 5.58. The van der Waals surface area contributed by atoms with E-state index in [9.17, 15) is 9.59 Å². The number of nitrogens with zero attached hydrogens (tertiary/aromatic N) is 2. The van der Waals surface area contributed by atoms with Crippen LogP contribution in [0.3, 0.4) is 0 Å². The fourth-order valence-electron chi connectivity index (χ4n) is 1.44. The normalized spacial score (nSPS) is 9.94. The van der Waals surface area contributed by atoms with Crippen molar-refractivity contribution in [3.63, 3.8) is 0 Å². The lowest BCUT2D eigenvalue weighted by atomic mass is 10.2. The molecule has 98 valence electrons. The Morgan fingerprint density at radius 3 is 2.78 bits per heavy atom. The van der Waals surface area contributed by atoms with E-state index in [1.54, 1.807) is 6.07 Å². The zero-order chi connectivity index (χ0) is 13.5. The largest absolute Gasteiger partial charge is 0.469 e. The lowest BCUT2D eigenvalue weighted by Gasteiger charge is -2.20. The highest BCUT2D eigenvalue weighted by molar-refractivity contribution is 6.33. The molecule has 1 heterocycles. The molecule has 0 saturated carbocycles. The highest BCUT2D eigenvalue weighted by Crippen LogP contribution is 2.15. The van der Waals surface area contributed by atoms with Crippen LogP contribution < -0.4 is 0 Å². The van der Waals surface area contributed by atoms with Gasteiger partial charge in [0.1, 0.15) is 0 Å². The van der Waals surface area contributed by atoms with E-state index >= 15 is 0 Å². The summed E-state index contributed by atoms with van der Waals surface area (Å²) in [5.41, 5.74) is 0.339. The molecule has 0 saturated heterocycles. The van der Waals surface area contributed by atoms with Crippen molar-refractivity contribution in [1.82, 2.24) is 9.88 Å². The Morgan fingerprint density at radius 2 is 2.22 bits per heavy atom. The van der Waals surface area contributed by atoms with Crippen molar-refractivity contribution < 1.29 is 14.3 Å². The van der Waals surface area contributed by atoms with Crippen LogP contribution in [0.4, 0.5) is 0 Å². The number of carbonyl (C=O) groups is 2. The lowest BCUT2D eigenvalue weighted by Crippen LogP contribution is -2.33. The number of esters is 1. The highest BCUT2D eigenvalue weighted by Gasteiger charge is 2.18. The summed E-state index contributed by atoms with van der Waals surface area (Å²) in [6.45, 7) is 2.62. The van der Waals surface area contributed by atoms with Crippen LogP contribution in [0.15, 0.2) is 18.5 Å². The summed E-state index contributed by atoms with van der Waals surface area (Å²) in [5.74, 6) is -0.585. The van der Waals surface area contributed by atoms with E-state index in [1.165, 1.54) is 24.4 Å². The van der Waals surface area contributed by atoms with Gasteiger partial charge in [-0.1, -0.05) is 11.6 Å². The molecule has 0 bridgehead atoms. The maximum Gasteiger partial charge on any atom is 0.307 e. The van der Waals surface area contributed by atoms with Gasteiger partial charge in [-0.3, -0.25) is 14.6 Å². The first-order chi connectivity index (χ1) is 8.60. The van der Waals surface area contributed by atoms with Crippen LogP contribution in [-0.2, 0) is 9.53 Å². The van der Waals surface area contributed by atoms with Crippen molar-refractivity contribution in [2.24, 2.45) is 0 Å². The molecule has 1 rings (SSSR count). The summed E-state index contributed by atoms with van der Waals surface area (Å²) in [7, 11) is 1.32. The molecule has 1 aromatic heterocycles. The zero-order valence-corrected chi connectivity index (χ0v) is 11.1. The molecule has 18 heavy (non-hydrogen) atoms. The summed E-state index contributed by atoms with van der Waals surface area (Å²) in [4.78, 5) is 28.6. The van der Waals surface area contributed by atoms with Crippen LogP contribution in [0, 0.1) is 0 Å². The number of carbonyl (C=O) groups excluding carboxylic acids is 2. The molecule has 5 nitrogen and oxygen atoms in total. The summed E-state index contributed by atoms with van der Waals surface area (Å²) < 4.78 is 4.54. The van der Waals surface area contributed by atoms with Gasteiger partial charge in [-0.15, -0.1) is 0 Å². The van der Waals surface area contributed by atoms with Gasteiger partial charge in [0, 0.05) is 25.5 Å². The first kappa shape index (κ1) is 14.4. The Hall–Kier alpha value is -1.62. The van der Waals surface area contributed by atoms with Crippen LogP contribution in [-0.4, -0.2) is 42.0 Å². The Morgan fingerprint density at radius 1 is 1.50 bits per heavy atom. The molecule has 0 aliphatic carbocycles. The summed E-state index contributed by atoms with van der Waals surface area (Å²) in [6, 6.07) is 1.56. The van der Waals surface area contributed by atoms with Crippen molar-refractivity contribution in [2.45, 2.75) is 13.3 Å². The second-order valence-corrected chi connectivity index (χ2v) is 3.97. The van der Waals surface area contributed by atoms with Gasteiger partial charge in [0.05, 0.1) is 24.1 Å². The van der Waals surface area contributed by atoms with Crippen molar-refractivity contribution in [2.75, 3.05) is 20.2 Å². The molecule has 0 aliphatic heterocycles. The van der Waals surface area contributed by atoms with Gasteiger partial charge < -0.3 is 9.64 Å². The van der Waals surface area contributed by atoms with Gasteiger partial charge in [0.25, 0.3) is 5.91 Å². The molecule has 6 heteroatoms. The monoisotopic (exact) mass is 270 g/mol.